The van der Waals surface area contributed by atoms with Gasteiger partial charge in [-0.3, -0.25) is 0 Å². The summed E-state index contributed by atoms with van der Waals surface area (Å²) >= 11 is 0. The summed E-state index contributed by atoms with van der Waals surface area (Å²) in [4.78, 5) is 0. The van der Waals surface area contributed by atoms with Crippen LogP contribution in [0.15, 0.2) is 24.3 Å². The van der Waals surface area contributed by atoms with Gasteiger partial charge in [0.05, 0.1) is 6.10 Å². The predicted molar refractivity (Wildman–Crippen MR) is 71.6 cm³/mol. The molecular formula is C15H23NO. The minimum Gasteiger partial charge on any atom is -0.491 e. The Labute approximate surface area is 104 Å². The Hall–Kier alpha value is -1.02. The molecular weight excluding hydrogens is 210 g/mol. The van der Waals surface area contributed by atoms with E-state index in [2.05, 4.69) is 50.4 Å². The monoisotopic (exact) mass is 233 g/mol. The van der Waals surface area contributed by atoms with Gasteiger partial charge in [0.1, 0.15) is 5.75 Å². The number of piperidine rings is 1. The molecule has 0 aliphatic carbocycles. The van der Waals surface area contributed by atoms with Crippen LogP contribution in [0, 0.1) is 0 Å². The van der Waals surface area contributed by atoms with Crippen molar-refractivity contribution in [3.8, 4) is 5.75 Å². The van der Waals surface area contributed by atoms with Crippen molar-refractivity contribution >= 4 is 0 Å². The van der Waals surface area contributed by atoms with Crippen molar-refractivity contribution in [2.24, 2.45) is 0 Å². The maximum absolute atomic E-state index is 5.91. The van der Waals surface area contributed by atoms with Crippen LogP contribution in [-0.2, 0) is 0 Å². The Balaban J connectivity index is 2.18. The fraction of sp³-hybridized carbons (Fsp3) is 0.600. The topological polar surface area (TPSA) is 21.3 Å². The largest absolute Gasteiger partial charge is 0.491 e. The smallest absolute Gasteiger partial charge is 0.123 e. The molecule has 1 heterocycles. The fourth-order valence-electron chi connectivity index (χ4n) is 2.59. The Morgan fingerprint density at radius 3 is 2.76 bits per heavy atom. The SMILES string of the molecule is CC1CC(c2ccccc2OC(C)C)CCN1. The second-order valence-corrected chi connectivity index (χ2v) is 5.28. The van der Waals surface area contributed by atoms with Crippen molar-refractivity contribution in [1.29, 1.82) is 0 Å². The molecule has 0 aromatic heterocycles. The van der Waals surface area contributed by atoms with E-state index in [4.69, 9.17) is 4.74 Å². The highest BCUT2D eigenvalue weighted by molar-refractivity contribution is 5.36. The molecule has 0 radical (unpaired) electrons. The van der Waals surface area contributed by atoms with Crippen LogP contribution in [0.2, 0.25) is 0 Å². The summed E-state index contributed by atoms with van der Waals surface area (Å²) in [7, 11) is 0. The Kier molecular flexibility index (Phi) is 4.06. The third kappa shape index (κ3) is 3.22. The number of benzene rings is 1. The standard InChI is InChI=1S/C15H23NO/c1-11(2)17-15-7-5-4-6-14(15)13-8-9-16-12(3)10-13/h4-7,11-13,16H,8-10H2,1-3H3. The first-order valence-corrected chi connectivity index (χ1v) is 6.65. The highest BCUT2D eigenvalue weighted by Gasteiger charge is 2.22. The summed E-state index contributed by atoms with van der Waals surface area (Å²) in [6.07, 6.45) is 2.66. The summed E-state index contributed by atoms with van der Waals surface area (Å²) in [6, 6.07) is 9.12. The minimum absolute atomic E-state index is 0.246. The van der Waals surface area contributed by atoms with E-state index in [0.29, 0.717) is 12.0 Å². The first kappa shape index (κ1) is 12.4. The van der Waals surface area contributed by atoms with Crippen LogP contribution < -0.4 is 10.1 Å². The van der Waals surface area contributed by atoms with Gasteiger partial charge in [0.2, 0.25) is 0 Å². The second kappa shape index (κ2) is 5.54. The first-order chi connectivity index (χ1) is 8.16. The Morgan fingerprint density at radius 1 is 1.29 bits per heavy atom. The van der Waals surface area contributed by atoms with Gasteiger partial charge in [-0.05, 0) is 57.7 Å². The molecule has 1 N–H and O–H groups in total. The normalized spacial score (nSPS) is 24.9. The van der Waals surface area contributed by atoms with Gasteiger partial charge in [-0.25, -0.2) is 0 Å². The summed E-state index contributed by atoms with van der Waals surface area (Å²) in [6.45, 7) is 7.55. The molecule has 1 fully saturated rings. The van der Waals surface area contributed by atoms with Crippen molar-refractivity contribution in [1.82, 2.24) is 5.32 Å². The van der Waals surface area contributed by atoms with E-state index >= 15 is 0 Å². The maximum atomic E-state index is 5.91. The second-order valence-electron chi connectivity index (χ2n) is 5.28. The summed E-state index contributed by atoms with van der Waals surface area (Å²) in [5.41, 5.74) is 1.38. The van der Waals surface area contributed by atoms with Gasteiger partial charge in [-0.1, -0.05) is 18.2 Å². The zero-order valence-electron chi connectivity index (χ0n) is 11.1. The van der Waals surface area contributed by atoms with Crippen LogP contribution in [0.5, 0.6) is 5.75 Å². The van der Waals surface area contributed by atoms with Crippen molar-refractivity contribution in [2.75, 3.05) is 6.54 Å². The molecule has 1 aromatic carbocycles. The third-order valence-corrected chi connectivity index (χ3v) is 3.35. The lowest BCUT2D eigenvalue weighted by Gasteiger charge is -2.29. The Bertz CT molecular complexity index is 362. The van der Waals surface area contributed by atoms with E-state index in [9.17, 15) is 0 Å². The number of hydrogen-bond acceptors (Lipinski definition) is 2. The first-order valence-electron chi connectivity index (χ1n) is 6.65. The molecule has 0 saturated carbocycles. The average Bonchev–Trinajstić information content (AvgIpc) is 2.29. The van der Waals surface area contributed by atoms with Crippen LogP contribution in [0.4, 0.5) is 0 Å². The van der Waals surface area contributed by atoms with Crippen LogP contribution in [0.1, 0.15) is 45.1 Å². The molecule has 0 bridgehead atoms. The molecule has 1 aromatic rings. The van der Waals surface area contributed by atoms with Gasteiger partial charge in [-0.15, -0.1) is 0 Å². The van der Waals surface area contributed by atoms with E-state index in [0.717, 1.165) is 12.3 Å². The van der Waals surface area contributed by atoms with Crippen molar-refractivity contribution in [2.45, 2.75) is 51.7 Å². The van der Waals surface area contributed by atoms with Crippen LogP contribution in [-0.4, -0.2) is 18.7 Å². The van der Waals surface area contributed by atoms with Gasteiger partial charge in [-0.2, -0.15) is 0 Å². The lowest BCUT2D eigenvalue weighted by molar-refractivity contribution is 0.236. The molecule has 17 heavy (non-hydrogen) atoms. The molecule has 0 spiro atoms. The quantitative estimate of drug-likeness (QED) is 0.864. The average molecular weight is 233 g/mol. The van der Waals surface area contributed by atoms with Crippen molar-refractivity contribution < 1.29 is 4.74 Å². The summed E-state index contributed by atoms with van der Waals surface area (Å²) in [5, 5.41) is 3.50. The number of para-hydroxylation sites is 1. The van der Waals surface area contributed by atoms with E-state index < -0.39 is 0 Å². The highest BCUT2D eigenvalue weighted by Crippen LogP contribution is 2.34. The van der Waals surface area contributed by atoms with Crippen molar-refractivity contribution in [3.63, 3.8) is 0 Å². The number of hydrogen-bond donors (Lipinski definition) is 1. The van der Waals surface area contributed by atoms with Gasteiger partial charge < -0.3 is 10.1 Å². The van der Waals surface area contributed by atoms with Crippen LogP contribution in [0.25, 0.3) is 0 Å². The van der Waals surface area contributed by atoms with E-state index in [1.54, 1.807) is 0 Å². The van der Waals surface area contributed by atoms with E-state index in [1.807, 2.05) is 0 Å². The maximum Gasteiger partial charge on any atom is 0.123 e. The van der Waals surface area contributed by atoms with E-state index in [1.165, 1.54) is 18.4 Å². The number of ether oxygens (including phenoxy) is 1. The van der Waals surface area contributed by atoms with Crippen LogP contribution in [0.3, 0.4) is 0 Å². The molecule has 2 unspecified atom stereocenters. The zero-order valence-corrected chi connectivity index (χ0v) is 11.1. The molecule has 2 atom stereocenters. The molecule has 94 valence electrons. The summed E-state index contributed by atoms with van der Waals surface area (Å²) in [5.74, 6) is 1.71. The molecule has 0 amide bonds. The van der Waals surface area contributed by atoms with Gasteiger partial charge in [0.15, 0.2) is 0 Å². The molecule has 2 heteroatoms. The summed E-state index contributed by atoms with van der Waals surface area (Å²) < 4.78 is 5.91. The van der Waals surface area contributed by atoms with E-state index in [-0.39, 0.29) is 6.10 Å². The predicted octanol–water partition coefficient (Wildman–Crippen LogP) is 3.33. The molecule has 2 nitrogen and oxygen atoms in total. The van der Waals surface area contributed by atoms with Crippen LogP contribution >= 0.6 is 0 Å². The number of rotatable bonds is 3. The Morgan fingerprint density at radius 2 is 2.06 bits per heavy atom. The lowest BCUT2D eigenvalue weighted by Crippen LogP contribution is -2.35. The van der Waals surface area contributed by atoms with Gasteiger partial charge in [0.25, 0.3) is 0 Å². The fourth-order valence-corrected chi connectivity index (χ4v) is 2.59. The zero-order chi connectivity index (χ0) is 12.3. The van der Waals surface area contributed by atoms with Crippen molar-refractivity contribution in [3.05, 3.63) is 29.8 Å². The molecule has 1 aliphatic rings. The molecule has 2 rings (SSSR count). The molecule has 1 aliphatic heterocycles. The van der Waals surface area contributed by atoms with Gasteiger partial charge in [0, 0.05) is 6.04 Å². The lowest BCUT2D eigenvalue weighted by atomic mass is 9.86. The number of nitrogens with one attached hydrogen (secondary N) is 1. The third-order valence-electron chi connectivity index (χ3n) is 3.35. The highest BCUT2D eigenvalue weighted by atomic mass is 16.5. The minimum atomic E-state index is 0.246. The van der Waals surface area contributed by atoms with Gasteiger partial charge >= 0.3 is 0 Å². The molecule has 1 saturated heterocycles.